The van der Waals surface area contributed by atoms with Gasteiger partial charge in [-0.15, -0.1) is 0 Å². The molecule has 0 saturated carbocycles. The van der Waals surface area contributed by atoms with Gasteiger partial charge in [0.1, 0.15) is 5.71 Å². The zero-order chi connectivity index (χ0) is 26.0. The van der Waals surface area contributed by atoms with Crippen LogP contribution in [-0.2, 0) is 0 Å². The first-order valence-electron chi connectivity index (χ1n) is 11.4. The third kappa shape index (κ3) is 4.69. The van der Waals surface area contributed by atoms with Crippen molar-refractivity contribution >= 4 is 11.5 Å². The molecule has 0 spiro atoms. The van der Waals surface area contributed by atoms with E-state index in [0.29, 0.717) is 5.56 Å². The maximum Gasteiger partial charge on any atom is 0.260 e. The van der Waals surface area contributed by atoms with Gasteiger partial charge in [0.05, 0.1) is 23.6 Å². The molecule has 0 radical (unpaired) electrons. The molecule has 0 aliphatic carbocycles. The number of pyridine rings is 1. The van der Waals surface area contributed by atoms with E-state index in [9.17, 15) is 15.2 Å². The van der Waals surface area contributed by atoms with Gasteiger partial charge in [-0.25, -0.2) is 4.98 Å². The molecule has 0 bridgehead atoms. The van der Waals surface area contributed by atoms with Gasteiger partial charge >= 0.3 is 0 Å². The maximum absolute atomic E-state index is 13.7. The van der Waals surface area contributed by atoms with Crippen molar-refractivity contribution in [2.45, 2.75) is 33.7 Å². The number of aryl methyl sites for hydroxylation is 3. The van der Waals surface area contributed by atoms with Crippen LogP contribution in [0, 0.1) is 26.2 Å². The van der Waals surface area contributed by atoms with Crippen LogP contribution in [0.4, 0.5) is 0 Å². The van der Waals surface area contributed by atoms with Gasteiger partial charge in [0.15, 0.2) is 5.84 Å². The Morgan fingerprint density at radius 3 is 2.36 bits per heavy atom. The van der Waals surface area contributed by atoms with Crippen LogP contribution in [0.5, 0.6) is 0 Å². The topological polar surface area (TPSA) is 129 Å². The van der Waals surface area contributed by atoms with Crippen molar-refractivity contribution in [1.82, 2.24) is 19.6 Å². The lowest BCUT2D eigenvalue weighted by molar-refractivity contribution is 0.234. The minimum absolute atomic E-state index is 0.0638. The van der Waals surface area contributed by atoms with Crippen LogP contribution in [0.25, 0.3) is 5.69 Å². The first-order valence-corrected chi connectivity index (χ1v) is 11.4. The third-order valence-electron chi connectivity index (χ3n) is 6.24. The second kappa shape index (κ2) is 10.0. The fourth-order valence-corrected chi connectivity index (χ4v) is 4.18. The monoisotopic (exact) mass is 484 g/mol. The molecule has 9 nitrogen and oxygen atoms in total. The van der Waals surface area contributed by atoms with E-state index in [2.05, 4.69) is 10.1 Å². The second-order valence-electron chi connectivity index (χ2n) is 8.80. The summed E-state index contributed by atoms with van der Waals surface area (Å²) in [5.74, 6) is -0.291. The molecule has 0 unspecified atom stereocenters. The van der Waals surface area contributed by atoms with Crippen LogP contribution in [0.3, 0.4) is 0 Å². The highest BCUT2D eigenvalue weighted by atomic mass is 16.5. The third-order valence-corrected chi connectivity index (χ3v) is 6.24. The Morgan fingerprint density at radius 1 is 1.06 bits per heavy atom. The quantitative estimate of drug-likeness (QED) is 0.142. The lowest BCUT2D eigenvalue weighted by Crippen LogP contribution is -2.32. The summed E-state index contributed by atoms with van der Waals surface area (Å²) in [4.78, 5) is 17.9. The molecule has 0 saturated heterocycles. The van der Waals surface area contributed by atoms with Crippen molar-refractivity contribution in [3.8, 4) is 5.69 Å². The van der Waals surface area contributed by atoms with Gasteiger partial charge in [0, 0.05) is 29.2 Å². The maximum atomic E-state index is 13.7. The van der Waals surface area contributed by atoms with Gasteiger partial charge in [-0.1, -0.05) is 41.1 Å². The van der Waals surface area contributed by atoms with E-state index in [-0.39, 0.29) is 28.7 Å². The molecule has 4 aromatic rings. The van der Waals surface area contributed by atoms with Crippen LogP contribution in [-0.4, -0.2) is 36.1 Å². The second-order valence-corrected chi connectivity index (χ2v) is 8.80. The summed E-state index contributed by atoms with van der Waals surface area (Å²) in [5.41, 5.74) is 7.06. The Morgan fingerprint density at radius 2 is 1.78 bits per heavy atom. The largest absolute Gasteiger partial charge is 0.410 e. The van der Waals surface area contributed by atoms with Crippen LogP contribution >= 0.6 is 0 Å². The van der Waals surface area contributed by atoms with Gasteiger partial charge in [-0.3, -0.25) is 20.9 Å². The van der Waals surface area contributed by atoms with E-state index < -0.39 is 5.56 Å². The summed E-state index contributed by atoms with van der Waals surface area (Å²) >= 11 is 0. The molecule has 2 aromatic heterocycles. The van der Waals surface area contributed by atoms with Crippen molar-refractivity contribution in [1.29, 1.82) is 5.41 Å². The molecule has 9 heteroatoms. The molecule has 184 valence electrons. The first kappa shape index (κ1) is 24.6. The van der Waals surface area contributed by atoms with Crippen molar-refractivity contribution in [2.75, 3.05) is 0 Å². The number of nitrogens with zero attached hydrogens (tertiary/aromatic N) is 4. The van der Waals surface area contributed by atoms with E-state index in [0.717, 1.165) is 28.1 Å². The minimum Gasteiger partial charge on any atom is -0.410 e. The predicted octanol–water partition coefficient (Wildman–Crippen LogP) is 4.10. The number of benzene rings is 2. The summed E-state index contributed by atoms with van der Waals surface area (Å²) < 4.78 is 3.37. The Hall–Kier alpha value is -4.50. The molecule has 0 fully saturated rings. The number of hydroxylamine groups is 1. The summed E-state index contributed by atoms with van der Waals surface area (Å²) in [6.45, 7) is 7.68. The van der Waals surface area contributed by atoms with Crippen LogP contribution in [0.15, 0.2) is 77.2 Å². The fraction of sp³-hybridized carbons (Fsp3) is 0.185. The van der Waals surface area contributed by atoms with Crippen LogP contribution < -0.4 is 11.0 Å². The van der Waals surface area contributed by atoms with Crippen molar-refractivity contribution < 1.29 is 10.4 Å². The first-order chi connectivity index (χ1) is 17.2. The highest BCUT2D eigenvalue weighted by Crippen LogP contribution is 2.21. The summed E-state index contributed by atoms with van der Waals surface area (Å²) in [6.07, 6.45) is 5.14. The van der Waals surface area contributed by atoms with Crippen molar-refractivity contribution in [3.05, 3.63) is 117 Å². The molecular formula is C27H28N6O3. The lowest BCUT2D eigenvalue weighted by atomic mass is 9.98. The molecule has 0 aliphatic heterocycles. The number of hydrogen-bond acceptors (Lipinski definition) is 6. The standard InChI is InChI=1S/C27H28N6O3/c1-16-5-7-20(8-6-16)19(4)33-14-22(26(28)31-36)12-23(27(33)34)25(30-35)21-9-10-24(17(2)11-21)32-13-18(3)29-15-32/h5-15,19,35-36H,1-4H3,(H2,28,31)/b30-25+/t19-/m0/s1. The van der Waals surface area contributed by atoms with Crippen LogP contribution in [0.1, 0.15) is 52.0 Å². The molecule has 0 amide bonds. The van der Waals surface area contributed by atoms with E-state index >= 15 is 0 Å². The molecule has 36 heavy (non-hydrogen) atoms. The number of hydrogen-bond donors (Lipinski definition) is 4. The van der Waals surface area contributed by atoms with Crippen molar-refractivity contribution in [3.63, 3.8) is 0 Å². The Bertz CT molecular complexity index is 1520. The van der Waals surface area contributed by atoms with Crippen molar-refractivity contribution in [2.24, 2.45) is 5.16 Å². The number of imidazole rings is 1. The molecule has 4 rings (SSSR count). The molecule has 2 aromatic carbocycles. The number of nitrogens with one attached hydrogen (secondary N) is 2. The Balaban J connectivity index is 1.84. The van der Waals surface area contributed by atoms with Gasteiger partial charge in [-0.2, -0.15) is 0 Å². The van der Waals surface area contributed by atoms with Gasteiger partial charge in [0.2, 0.25) is 0 Å². The average molecular weight is 485 g/mol. The zero-order valence-corrected chi connectivity index (χ0v) is 20.5. The van der Waals surface area contributed by atoms with Gasteiger partial charge in [-0.05, 0) is 57.0 Å². The number of amidine groups is 1. The molecular weight excluding hydrogens is 456 g/mol. The Kier molecular flexibility index (Phi) is 6.84. The van der Waals surface area contributed by atoms with E-state index in [4.69, 9.17) is 5.41 Å². The SMILES string of the molecule is Cc1ccc([C@H](C)n2cc(C(=N)NO)cc(/C(=N/O)c3ccc(-n4cnc(C)c4)c(C)c3)c2=O)cc1. The van der Waals surface area contributed by atoms with E-state index in [1.54, 1.807) is 12.4 Å². The van der Waals surface area contributed by atoms with Crippen LogP contribution in [0.2, 0.25) is 0 Å². The zero-order valence-electron chi connectivity index (χ0n) is 20.5. The number of rotatable bonds is 6. The van der Waals surface area contributed by atoms with Gasteiger partial charge < -0.3 is 14.3 Å². The minimum atomic E-state index is -0.391. The summed E-state index contributed by atoms with van der Waals surface area (Å²) in [6, 6.07) is 14.3. The summed E-state index contributed by atoms with van der Waals surface area (Å²) in [7, 11) is 0. The molecule has 0 aliphatic rings. The number of oxime groups is 1. The smallest absolute Gasteiger partial charge is 0.260 e. The van der Waals surface area contributed by atoms with Gasteiger partial charge in [0.25, 0.3) is 5.56 Å². The predicted molar refractivity (Wildman–Crippen MR) is 138 cm³/mol. The van der Waals surface area contributed by atoms with E-state index in [1.165, 1.54) is 16.8 Å². The van der Waals surface area contributed by atoms with E-state index in [1.807, 2.05) is 80.3 Å². The highest BCUT2D eigenvalue weighted by molar-refractivity contribution is 6.13. The average Bonchev–Trinajstić information content (AvgIpc) is 3.31. The lowest BCUT2D eigenvalue weighted by Gasteiger charge is -2.19. The normalized spacial score (nSPS) is 12.4. The fourth-order valence-electron chi connectivity index (χ4n) is 4.18. The highest BCUT2D eigenvalue weighted by Gasteiger charge is 2.21. The molecule has 2 heterocycles. The molecule has 4 N–H and O–H groups in total. The Labute approximate surface area is 208 Å². The summed E-state index contributed by atoms with van der Waals surface area (Å²) in [5, 5.41) is 30.9. The number of aromatic nitrogens is 3. The molecule has 1 atom stereocenters.